The van der Waals surface area contributed by atoms with Crippen molar-refractivity contribution in [2.75, 3.05) is 20.1 Å². The van der Waals surface area contributed by atoms with Crippen LogP contribution < -0.4 is 0 Å². The molecule has 1 aliphatic rings. The van der Waals surface area contributed by atoms with Crippen LogP contribution in [-0.4, -0.2) is 46.9 Å². The molecule has 0 aliphatic carbocycles. The van der Waals surface area contributed by atoms with Crippen molar-refractivity contribution in [2.45, 2.75) is 25.4 Å². The Kier molecular flexibility index (Phi) is 4.48. The van der Waals surface area contributed by atoms with E-state index in [-0.39, 0.29) is 18.4 Å². The Morgan fingerprint density at radius 2 is 2.32 bits per heavy atom. The minimum atomic E-state index is -0.348. The fourth-order valence-corrected chi connectivity index (χ4v) is 2.38. The van der Waals surface area contributed by atoms with E-state index in [0.717, 1.165) is 25.2 Å². The lowest BCUT2D eigenvalue weighted by Crippen LogP contribution is -2.44. The number of hydrogen-bond acceptors (Lipinski definition) is 4. The highest BCUT2D eigenvalue weighted by molar-refractivity contribution is 5.82. The van der Waals surface area contributed by atoms with Gasteiger partial charge in [-0.1, -0.05) is 6.07 Å². The van der Waals surface area contributed by atoms with Crippen molar-refractivity contribution in [1.82, 2.24) is 14.8 Å². The summed E-state index contributed by atoms with van der Waals surface area (Å²) in [6.45, 7) is 2.19. The van der Waals surface area contributed by atoms with Crippen LogP contribution >= 0.6 is 0 Å². The lowest BCUT2D eigenvalue weighted by atomic mass is 10.1. The van der Waals surface area contributed by atoms with Gasteiger partial charge >= 0.3 is 0 Å². The molecule has 0 aromatic carbocycles. The molecule has 5 heteroatoms. The van der Waals surface area contributed by atoms with E-state index in [1.807, 2.05) is 18.2 Å². The summed E-state index contributed by atoms with van der Waals surface area (Å²) >= 11 is 0. The molecule has 0 bridgehead atoms. The number of carbonyl (C=O) groups is 1. The summed E-state index contributed by atoms with van der Waals surface area (Å²) < 4.78 is 0. The monoisotopic (exact) mass is 258 g/mol. The number of nitrogens with zero attached hydrogens (tertiary/aromatic N) is 4. The van der Waals surface area contributed by atoms with Crippen molar-refractivity contribution in [3.05, 3.63) is 30.1 Å². The molecule has 0 radical (unpaired) electrons. The molecule has 1 atom stereocenters. The number of amides is 1. The summed E-state index contributed by atoms with van der Waals surface area (Å²) in [6.07, 6.45) is 2.91. The highest BCUT2D eigenvalue weighted by Gasteiger charge is 2.30. The van der Waals surface area contributed by atoms with Gasteiger partial charge in [-0.05, 0) is 18.6 Å². The van der Waals surface area contributed by atoms with Crippen molar-refractivity contribution < 1.29 is 4.79 Å². The second-order valence-electron chi connectivity index (χ2n) is 4.78. The standard InChI is InChI=1S/C14H18N4O/c1-17-9-4-10-18(13(6-7-15)14(17)19)11-12-5-2-3-8-16-12/h2-3,5,8,13H,4,6,9-11H2,1H3. The molecule has 2 rings (SSSR count). The van der Waals surface area contributed by atoms with Gasteiger partial charge in [0.1, 0.15) is 6.04 Å². The van der Waals surface area contributed by atoms with Gasteiger partial charge in [0.05, 0.1) is 18.2 Å². The summed E-state index contributed by atoms with van der Waals surface area (Å²) in [5, 5.41) is 8.94. The normalized spacial score (nSPS) is 20.9. The predicted octanol–water partition coefficient (Wildman–Crippen LogP) is 1.03. The molecule has 1 aromatic heterocycles. The average Bonchev–Trinajstić information content (AvgIpc) is 2.55. The van der Waals surface area contributed by atoms with Crippen LogP contribution in [0.25, 0.3) is 0 Å². The van der Waals surface area contributed by atoms with Gasteiger partial charge in [0.25, 0.3) is 0 Å². The van der Waals surface area contributed by atoms with Crippen LogP contribution in [0, 0.1) is 11.3 Å². The lowest BCUT2D eigenvalue weighted by molar-refractivity contribution is -0.134. The molecule has 100 valence electrons. The van der Waals surface area contributed by atoms with E-state index in [1.54, 1.807) is 18.1 Å². The maximum Gasteiger partial charge on any atom is 0.240 e. The molecule has 1 saturated heterocycles. The van der Waals surface area contributed by atoms with Crippen LogP contribution in [0.5, 0.6) is 0 Å². The van der Waals surface area contributed by atoms with Gasteiger partial charge < -0.3 is 4.90 Å². The van der Waals surface area contributed by atoms with Crippen molar-refractivity contribution in [2.24, 2.45) is 0 Å². The Labute approximate surface area is 113 Å². The van der Waals surface area contributed by atoms with Gasteiger partial charge in [-0.2, -0.15) is 5.26 Å². The smallest absolute Gasteiger partial charge is 0.240 e. The van der Waals surface area contributed by atoms with Crippen LogP contribution in [0.3, 0.4) is 0 Å². The SMILES string of the molecule is CN1CCCN(Cc2ccccn2)C(CC#N)C1=O. The topological polar surface area (TPSA) is 60.2 Å². The number of nitriles is 1. The van der Waals surface area contributed by atoms with Gasteiger partial charge in [0.2, 0.25) is 5.91 Å². The zero-order valence-corrected chi connectivity index (χ0v) is 11.1. The Balaban J connectivity index is 2.16. The number of hydrogen-bond donors (Lipinski definition) is 0. The Hall–Kier alpha value is -1.93. The third-order valence-corrected chi connectivity index (χ3v) is 3.42. The zero-order chi connectivity index (χ0) is 13.7. The molecule has 1 aliphatic heterocycles. The van der Waals surface area contributed by atoms with Crippen LogP contribution in [0.2, 0.25) is 0 Å². The van der Waals surface area contributed by atoms with E-state index >= 15 is 0 Å². The van der Waals surface area contributed by atoms with Crippen LogP contribution in [0.4, 0.5) is 0 Å². The van der Waals surface area contributed by atoms with E-state index in [4.69, 9.17) is 5.26 Å². The number of carbonyl (C=O) groups excluding carboxylic acids is 1. The van der Waals surface area contributed by atoms with Gasteiger partial charge in [-0.25, -0.2) is 0 Å². The van der Waals surface area contributed by atoms with Crippen LogP contribution in [0.15, 0.2) is 24.4 Å². The van der Waals surface area contributed by atoms with Gasteiger partial charge in [0, 0.05) is 32.9 Å². The van der Waals surface area contributed by atoms with Crippen molar-refractivity contribution in [1.29, 1.82) is 5.26 Å². The van der Waals surface area contributed by atoms with E-state index in [1.165, 1.54) is 0 Å². The minimum Gasteiger partial charge on any atom is -0.344 e. The van der Waals surface area contributed by atoms with Gasteiger partial charge in [-0.3, -0.25) is 14.7 Å². The molecular weight excluding hydrogens is 240 g/mol. The molecule has 1 unspecified atom stereocenters. The van der Waals surface area contributed by atoms with Crippen molar-refractivity contribution in [3.63, 3.8) is 0 Å². The fourth-order valence-electron chi connectivity index (χ4n) is 2.38. The maximum absolute atomic E-state index is 12.2. The first-order valence-electron chi connectivity index (χ1n) is 6.48. The quantitative estimate of drug-likeness (QED) is 0.812. The van der Waals surface area contributed by atoms with E-state index in [0.29, 0.717) is 6.54 Å². The summed E-state index contributed by atoms with van der Waals surface area (Å²) in [5.41, 5.74) is 0.933. The zero-order valence-electron chi connectivity index (χ0n) is 11.1. The van der Waals surface area contributed by atoms with E-state index in [9.17, 15) is 4.79 Å². The lowest BCUT2D eigenvalue weighted by Gasteiger charge is -2.27. The molecule has 0 saturated carbocycles. The molecule has 5 nitrogen and oxygen atoms in total. The molecule has 0 spiro atoms. The minimum absolute atomic E-state index is 0.0370. The largest absolute Gasteiger partial charge is 0.344 e. The van der Waals surface area contributed by atoms with Gasteiger partial charge in [0.15, 0.2) is 0 Å². The summed E-state index contributed by atoms with van der Waals surface area (Å²) in [6, 6.07) is 7.53. The summed E-state index contributed by atoms with van der Waals surface area (Å²) in [4.78, 5) is 20.3. The first-order valence-corrected chi connectivity index (χ1v) is 6.48. The number of aromatic nitrogens is 1. The third-order valence-electron chi connectivity index (χ3n) is 3.42. The molecule has 19 heavy (non-hydrogen) atoms. The van der Waals surface area contributed by atoms with E-state index in [2.05, 4.69) is 16.0 Å². The summed E-state index contributed by atoms with van der Waals surface area (Å²) in [5.74, 6) is 0.0370. The predicted molar refractivity (Wildman–Crippen MR) is 70.9 cm³/mol. The number of rotatable bonds is 3. The molecule has 1 aromatic rings. The molecule has 0 N–H and O–H groups in total. The highest BCUT2D eigenvalue weighted by atomic mass is 16.2. The van der Waals surface area contributed by atoms with Crippen LogP contribution in [0.1, 0.15) is 18.5 Å². The second-order valence-corrected chi connectivity index (χ2v) is 4.78. The number of pyridine rings is 1. The van der Waals surface area contributed by atoms with Gasteiger partial charge in [-0.15, -0.1) is 0 Å². The van der Waals surface area contributed by atoms with Crippen molar-refractivity contribution in [3.8, 4) is 6.07 Å². The van der Waals surface area contributed by atoms with Crippen molar-refractivity contribution >= 4 is 5.91 Å². The van der Waals surface area contributed by atoms with Crippen LogP contribution in [-0.2, 0) is 11.3 Å². The maximum atomic E-state index is 12.2. The third kappa shape index (κ3) is 3.30. The molecule has 2 heterocycles. The molecule has 1 fully saturated rings. The average molecular weight is 258 g/mol. The molecule has 1 amide bonds. The Morgan fingerprint density at radius 1 is 1.47 bits per heavy atom. The summed E-state index contributed by atoms with van der Waals surface area (Å²) in [7, 11) is 1.80. The fraction of sp³-hybridized carbons (Fsp3) is 0.500. The molecular formula is C14H18N4O. The number of likely N-dealkylation sites (N-methyl/N-ethyl adjacent to an activating group) is 1. The Morgan fingerprint density at radius 3 is 3.00 bits per heavy atom. The second kappa shape index (κ2) is 6.30. The highest BCUT2D eigenvalue weighted by Crippen LogP contribution is 2.15. The Bertz CT molecular complexity index is 468. The first kappa shape index (κ1) is 13.5. The first-order chi connectivity index (χ1) is 9.22. The van der Waals surface area contributed by atoms with E-state index < -0.39 is 0 Å².